The van der Waals surface area contributed by atoms with Gasteiger partial charge in [-0.3, -0.25) is 0 Å². The zero-order chi connectivity index (χ0) is 14.9. The average molecular weight is 306 g/mol. The Morgan fingerprint density at radius 3 is 2.65 bits per heavy atom. The first-order valence-electron chi connectivity index (χ1n) is 6.35. The van der Waals surface area contributed by atoms with E-state index >= 15 is 0 Å². The van der Waals surface area contributed by atoms with Gasteiger partial charge in [-0.1, -0.05) is 6.92 Å². The van der Waals surface area contributed by atoms with Crippen molar-refractivity contribution in [2.24, 2.45) is 0 Å². The molecule has 0 radical (unpaired) electrons. The molecule has 1 aromatic rings. The SMILES string of the molecule is CNc1nc(N2CCSC(C)C2C)cc(C(F)(F)F)n1. The normalized spacial score (nSPS) is 23.8. The molecule has 2 rings (SSSR count). The summed E-state index contributed by atoms with van der Waals surface area (Å²) in [6, 6.07) is 1.16. The van der Waals surface area contributed by atoms with Crippen LogP contribution in [0.4, 0.5) is 24.9 Å². The van der Waals surface area contributed by atoms with Gasteiger partial charge in [-0.15, -0.1) is 0 Å². The van der Waals surface area contributed by atoms with Crippen LogP contribution in [-0.2, 0) is 6.18 Å². The summed E-state index contributed by atoms with van der Waals surface area (Å²) in [5.41, 5.74) is -0.912. The molecule has 1 aliphatic heterocycles. The number of rotatable bonds is 2. The summed E-state index contributed by atoms with van der Waals surface area (Å²) >= 11 is 1.82. The minimum absolute atomic E-state index is 0.00657. The summed E-state index contributed by atoms with van der Waals surface area (Å²) in [7, 11) is 1.51. The minimum atomic E-state index is -4.47. The first kappa shape index (κ1) is 15.2. The molecule has 1 saturated heterocycles. The van der Waals surface area contributed by atoms with Crippen molar-refractivity contribution in [2.75, 3.05) is 29.6 Å². The van der Waals surface area contributed by atoms with E-state index in [1.54, 1.807) is 0 Å². The summed E-state index contributed by atoms with van der Waals surface area (Å²) in [6.07, 6.45) is -4.47. The van der Waals surface area contributed by atoms with E-state index in [0.717, 1.165) is 11.8 Å². The molecule has 1 fully saturated rings. The molecular weight excluding hydrogens is 289 g/mol. The van der Waals surface area contributed by atoms with Gasteiger partial charge in [-0.2, -0.15) is 29.9 Å². The summed E-state index contributed by atoms with van der Waals surface area (Å²) in [5.74, 6) is 1.20. The fourth-order valence-corrected chi connectivity index (χ4v) is 3.19. The van der Waals surface area contributed by atoms with Crippen LogP contribution in [0, 0.1) is 0 Å². The van der Waals surface area contributed by atoms with Gasteiger partial charge in [0.25, 0.3) is 0 Å². The molecule has 0 saturated carbocycles. The Morgan fingerprint density at radius 1 is 1.35 bits per heavy atom. The fraction of sp³-hybridized carbons (Fsp3) is 0.667. The smallest absolute Gasteiger partial charge is 0.357 e. The highest BCUT2D eigenvalue weighted by atomic mass is 32.2. The van der Waals surface area contributed by atoms with Gasteiger partial charge < -0.3 is 10.2 Å². The molecule has 2 atom stereocenters. The maximum Gasteiger partial charge on any atom is 0.433 e. The number of nitrogens with one attached hydrogen (secondary N) is 1. The van der Waals surface area contributed by atoms with Crippen LogP contribution in [0.25, 0.3) is 0 Å². The maximum atomic E-state index is 12.9. The zero-order valence-corrected chi connectivity index (χ0v) is 12.3. The molecular formula is C12H17F3N4S. The Hall–Kier alpha value is -1.18. The van der Waals surface area contributed by atoms with Crippen LogP contribution in [0.1, 0.15) is 19.5 Å². The molecule has 112 valence electrons. The quantitative estimate of drug-likeness (QED) is 0.910. The van der Waals surface area contributed by atoms with E-state index in [0.29, 0.717) is 17.6 Å². The largest absolute Gasteiger partial charge is 0.433 e. The Labute approximate surface area is 120 Å². The second-order valence-corrected chi connectivity index (χ2v) is 6.18. The van der Waals surface area contributed by atoms with Gasteiger partial charge in [0.1, 0.15) is 5.82 Å². The van der Waals surface area contributed by atoms with Gasteiger partial charge in [0.15, 0.2) is 5.69 Å². The Kier molecular flexibility index (Phi) is 4.31. The topological polar surface area (TPSA) is 41.1 Å². The highest BCUT2D eigenvalue weighted by Crippen LogP contribution is 2.33. The lowest BCUT2D eigenvalue weighted by molar-refractivity contribution is -0.141. The number of nitrogens with zero attached hydrogens (tertiary/aromatic N) is 3. The Balaban J connectivity index is 2.40. The van der Waals surface area contributed by atoms with Crippen molar-refractivity contribution >= 4 is 23.5 Å². The van der Waals surface area contributed by atoms with Crippen molar-refractivity contribution in [3.8, 4) is 0 Å². The third kappa shape index (κ3) is 3.11. The van der Waals surface area contributed by atoms with E-state index in [1.807, 2.05) is 23.6 Å². The third-order valence-electron chi connectivity index (χ3n) is 3.40. The van der Waals surface area contributed by atoms with Crippen molar-refractivity contribution in [3.63, 3.8) is 0 Å². The van der Waals surface area contributed by atoms with E-state index < -0.39 is 11.9 Å². The van der Waals surface area contributed by atoms with Gasteiger partial charge in [0.05, 0.1) is 0 Å². The van der Waals surface area contributed by atoms with E-state index in [9.17, 15) is 13.2 Å². The number of hydrogen-bond acceptors (Lipinski definition) is 5. The van der Waals surface area contributed by atoms with Gasteiger partial charge in [-0.25, -0.2) is 4.98 Å². The van der Waals surface area contributed by atoms with Crippen LogP contribution in [0.15, 0.2) is 6.07 Å². The summed E-state index contributed by atoms with van der Waals surface area (Å²) < 4.78 is 38.7. The Bertz CT molecular complexity index is 480. The first-order valence-corrected chi connectivity index (χ1v) is 7.40. The lowest BCUT2D eigenvalue weighted by Crippen LogP contribution is -2.45. The van der Waals surface area contributed by atoms with Gasteiger partial charge >= 0.3 is 6.18 Å². The van der Waals surface area contributed by atoms with Crippen molar-refractivity contribution in [3.05, 3.63) is 11.8 Å². The minimum Gasteiger partial charge on any atom is -0.357 e. The van der Waals surface area contributed by atoms with Crippen molar-refractivity contribution in [2.45, 2.75) is 31.3 Å². The van der Waals surface area contributed by atoms with E-state index in [4.69, 9.17) is 0 Å². The number of aromatic nitrogens is 2. The van der Waals surface area contributed by atoms with E-state index in [1.165, 1.54) is 7.05 Å². The summed E-state index contributed by atoms with van der Waals surface area (Å²) in [6.45, 7) is 4.77. The lowest BCUT2D eigenvalue weighted by Gasteiger charge is -2.38. The van der Waals surface area contributed by atoms with E-state index in [2.05, 4.69) is 22.2 Å². The molecule has 0 bridgehead atoms. The molecule has 20 heavy (non-hydrogen) atoms. The maximum absolute atomic E-state index is 12.9. The molecule has 1 N–H and O–H groups in total. The van der Waals surface area contributed by atoms with E-state index in [-0.39, 0.29) is 12.0 Å². The molecule has 0 aromatic carbocycles. The highest BCUT2D eigenvalue weighted by Gasteiger charge is 2.35. The van der Waals surface area contributed by atoms with Crippen molar-refractivity contribution < 1.29 is 13.2 Å². The predicted molar refractivity (Wildman–Crippen MR) is 75.3 cm³/mol. The van der Waals surface area contributed by atoms with Crippen LogP contribution >= 0.6 is 11.8 Å². The van der Waals surface area contributed by atoms with Crippen LogP contribution in [0.3, 0.4) is 0 Å². The second kappa shape index (κ2) is 5.67. The highest BCUT2D eigenvalue weighted by molar-refractivity contribution is 8.00. The molecule has 1 aromatic heterocycles. The molecule has 2 heterocycles. The average Bonchev–Trinajstić information content (AvgIpc) is 2.40. The molecule has 4 nitrogen and oxygen atoms in total. The van der Waals surface area contributed by atoms with Crippen LogP contribution in [-0.4, -0.2) is 40.6 Å². The number of anilines is 2. The fourth-order valence-electron chi connectivity index (χ4n) is 2.10. The first-order chi connectivity index (χ1) is 9.32. The molecule has 0 spiro atoms. The van der Waals surface area contributed by atoms with Crippen molar-refractivity contribution in [1.29, 1.82) is 0 Å². The third-order valence-corrected chi connectivity index (χ3v) is 4.74. The van der Waals surface area contributed by atoms with Gasteiger partial charge in [-0.05, 0) is 6.92 Å². The van der Waals surface area contributed by atoms with Gasteiger partial charge in [0.2, 0.25) is 5.95 Å². The summed E-state index contributed by atoms with van der Waals surface area (Å²) in [4.78, 5) is 9.57. The standard InChI is InChI=1S/C12H17F3N4S/c1-7-8(2)20-5-4-19(7)10-6-9(12(13,14)15)17-11(16-3)18-10/h6-8H,4-5H2,1-3H3,(H,16,17,18). The molecule has 8 heteroatoms. The molecule has 1 aliphatic rings. The summed E-state index contributed by atoms with van der Waals surface area (Å²) in [5, 5.41) is 2.94. The van der Waals surface area contributed by atoms with Crippen molar-refractivity contribution in [1.82, 2.24) is 9.97 Å². The Morgan fingerprint density at radius 2 is 2.05 bits per heavy atom. The number of halogens is 3. The number of thioether (sulfide) groups is 1. The van der Waals surface area contributed by atoms with Crippen LogP contribution in [0.2, 0.25) is 0 Å². The molecule has 2 unspecified atom stereocenters. The lowest BCUT2D eigenvalue weighted by atomic mass is 10.2. The van der Waals surface area contributed by atoms with Crippen LogP contribution < -0.4 is 10.2 Å². The van der Waals surface area contributed by atoms with Gasteiger partial charge in [0, 0.05) is 36.7 Å². The molecule has 0 aliphatic carbocycles. The molecule has 0 amide bonds. The number of alkyl halides is 3. The second-order valence-electron chi connectivity index (χ2n) is 4.69. The van der Waals surface area contributed by atoms with Crippen LogP contribution in [0.5, 0.6) is 0 Å². The predicted octanol–water partition coefficient (Wildman–Crippen LogP) is 2.87. The number of hydrogen-bond donors (Lipinski definition) is 1. The monoisotopic (exact) mass is 306 g/mol. The zero-order valence-electron chi connectivity index (χ0n) is 11.5.